The van der Waals surface area contributed by atoms with Crippen LogP contribution < -0.4 is 0 Å². The van der Waals surface area contributed by atoms with Crippen molar-refractivity contribution in [2.75, 3.05) is 0 Å². The van der Waals surface area contributed by atoms with Crippen LogP contribution in [0.5, 0.6) is 0 Å². The average molecular weight is 154 g/mol. The first-order chi connectivity index (χ1) is 4.90. The number of H-pyrrole nitrogens is 1. The highest BCUT2D eigenvalue weighted by atomic mass is 32.1. The molecule has 4 heteroatoms. The second kappa shape index (κ2) is 2.07. The molecule has 0 unspecified atom stereocenters. The molecule has 0 spiro atoms. The Balaban J connectivity index is 2.67. The second-order valence-electron chi connectivity index (χ2n) is 1.96. The minimum Gasteiger partial charge on any atom is -0.389 e. The third-order valence-corrected chi connectivity index (χ3v) is 2.29. The largest absolute Gasteiger partial charge is 0.389 e. The molecule has 2 aromatic heterocycles. The fourth-order valence-corrected chi connectivity index (χ4v) is 1.65. The number of hydrogen-bond donors (Lipinski definition) is 2. The Morgan fingerprint density at radius 2 is 2.60 bits per heavy atom. The molecule has 0 atom stereocenters. The fourth-order valence-electron chi connectivity index (χ4n) is 0.858. The van der Waals surface area contributed by atoms with Crippen molar-refractivity contribution in [3.8, 4) is 0 Å². The summed E-state index contributed by atoms with van der Waals surface area (Å²) >= 11 is 1.51. The van der Waals surface area contributed by atoms with Gasteiger partial charge in [-0.1, -0.05) is 0 Å². The molecule has 2 rings (SSSR count). The summed E-state index contributed by atoms with van der Waals surface area (Å²) in [5.41, 5.74) is 0.869. The van der Waals surface area contributed by atoms with Crippen molar-refractivity contribution in [2.24, 2.45) is 0 Å². The molecule has 2 N–H and O–H groups in total. The normalized spacial score (nSPS) is 10.9. The molecule has 0 aliphatic heterocycles. The lowest BCUT2D eigenvalue weighted by Gasteiger charge is -1.79. The van der Waals surface area contributed by atoms with Gasteiger partial charge < -0.3 is 10.1 Å². The molecule has 0 aromatic carbocycles. The van der Waals surface area contributed by atoms with E-state index < -0.39 is 0 Å². The van der Waals surface area contributed by atoms with Crippen molar-refractivity contribution in [2.45, 2.75) is 6.61 Å². The van der Waals surface area contributed by atoms with E-state index in [1.807, 2.05) is 12.3 Å². The van der Waals surface area contributed by atoms with E-state index >= 15 is 0 Å². The molecular formula is C6H6N2OS. The fraction of sp³-hybridized carbons (Fsp3) is 0.167. The van der Waals surface area contributed by atoms with Gasteiger partial charge in [-0.15, -0.1) is 11.3 Å². The number of aromatic nitrogens is 2. The summed E-state index contributed by atoms with van der Waals surface area (Å²) in [7, 11) is 0. The highest BCUT2D eigenvalue weighted by Crippen LogP contribution is 2.19. The molecule has 3 nitrogen and oxygen atoms in total. The first kappa shape index (κ1) is 5.88. The van der Waals surface area contributed by atoms with E-state index in [0.29, 0.717) is 0 Å². The van der Waals surface area contributed by atoms with Gasteiger partial charge in [0.25, 0.3) is 0 Å². The summed E-state index contributed by atoms with van der Waals surface area (Å²) in [6.07, 6.45) is 1.84. The lowest BCUT2D eigenvalue weighted by molar-refractivity contribution is 0.281. The van der Waals surface area contributed by atoms with E-state index in [2.05, 4.69) is 9.97 Å². The maximum atomic E-state index is 8.69. The van der Waals surface area contributed by atoms with Gasteiger partial charge in [-0.2, -0.15) is 0 Å². The molecule has 2 heterocycles. The maximum Gasteiger partial charge on any atom is 0.148 e. The molecule has 0 amide bonds. The van der Waals surface area contributed by atoms with Gasteiger partial charge in [0.2, 0.25) is 0 Å². The second-order valence-corrected chi connectivity index (χ2v) is 3.07. The van der Waals surface area contributed by atoms with Crippen LogP contribution in [0.15, 0.2) is 12.3 Å². The van der Waals surface area contributed by atoms with Gasteiger partial charge in [-0.05, 0) is 6.07 Å². The van der Waals surface area contributed by atoms with E-state index in [4.69, 9.17) is 5.11 Å². The summed E-state index contributed by atoms with van der Waals surface area (Å²) in [6, 6.07) is 1.95. The minimum atomic E-state index is 0.0349. The van der Waals surface area contributed by atoms with Crippen LogP contribution in [0.3, 0.4) is 0 Å². The van der Waals surface area contributed by atoms with Crippen LogP contribution in [-0.4, -0.2) is 15.1 Å². The zero-order chi connectivity index (χ0) is 6.97. The van der Waals surface area contributed by atoms with Crippen LogP contribution in [0.1, 0.15) is 5.01 Å². The zero-order valence-electron chi connectivity index (χ0n) is 5.16. The smallest absolute Gasteiger partial charge is 0.148 e. The van der Waals surface area contributed by atoms with Crippen molar-refractivity contribution in [1.29, 1.82) is 0 Å². The predicted octanol–water partition coefficient (Wildman–Crippen LogP) is 1.12. The van der Waals surface area contributed by atoms with Gasteiger partial charge in [-0.3, -0.25) is 0 Å². The summed E-state index contributed by atoms with van der Waals surface area (Å²) in [5.74, 6) is 0. The first-order valence-corrected chi connectivity index (χ1v) is 3.75. The number of thiazole rings is 1. The van der Waals surface area contributed by atoms with Crippen LogP contribution in [0, 0.1) is 0 Å². The summed E-state index contributed by atoms with van der Waals surface area (Å²) in [6.45, 7) is 0.0349. The van der Waals surface area contributed by atoms with Crippen LogP contribution in [0.2, 0.25) is 0 Å². The van der Waals surface area contributed by atoms with Gasteiger partial charge in [-0.25, -0.2) is 4.98 Å². The van der Waals surface area contributed by atoms with Crippen molar-refractivity contribution in [3.63, 3.8) is 0 Å². The lowest BCUT2D eigenvalue weighted by atomic mass is 10.6. The maximum absolute atomic E-state index is 8.69. The van der Waals surface area contributed by atoms with E-state index in [1.165, 1.54) is 11.3 Å². The molecular weight excluding hydrogens is 148 g/mol. The molecule has 0 aliphatic carbocycles. The van der Waals surface area contributed by atoms with E-state index in [-0.39, 0.29) is 6.61 Å². The Morgan fingerprint density at radius 3 is 3.30 bits per heavy atom. The molecule has 2 aromatic rings. The zero-order valence-corrected chi connectivity index (χ0v) is 5.98. The molecule has 0 saturated heterocycles. The molecule has 0 saturated carbocycles. The standard InChI is InChI=1S/C6H6N2OS/c9-3-5-8-6-4(10-5)1-2-7-6/h1-2,7,9H,3H2. The van der Waals surface area contributed by atoms with Crippen molar-refractivity contribution >= 4 is 21.7 Å². The first-order valence-electron chi connectivity index (χ1n) is 2.94. The third kappa shape index (κ3) is 0.732. The highest BCUT2D eigenvalue weighted by Gasteiger charge is 2.01. The Labute approximate surface area is 61.3 Å². The van der Waals surface area contributed by atoms with Crippen LogP contribution >= 0.6 is 11.3 Å². The van der Waals surface area contributed by atoms with Crippen molar-refractivity contribution in [1.82, 2.24) is 9.97 Å². The Hall–Kier alpha value is -0.870. The number of aliphatic hydroxyl groups is 1. The SMILES string of the molecule is OCc1nc2[nH]ccc2s1. The quantitative estimate of drug-likeness (QED) is 0.646. The number of aliphatic hydroxyl groups excluding tert-OH is 1. The van der Waals surface area contributed by atoms with Crippen LogP contribution in [-0.2, 0) is 6.61 Å². The number of hydrogen-bond acceptors (Lipinski definition) is 3. The monoisotopic (exact) mass is 154 g/mol. The lowest BCUT2D eigenvalue weighted by Crippen LogP contribution is -1.77. The molecule has 0 aliphatic rings. The van der Waals surface area contributed by atoms with Gasteiger partial charge in [0.05, 0.1) is 11.3 Å². The summed E-state index contributed by atoms with van der Waals surface area (Å²) in [5, 5.41) is 9.46. The highest BCUT2D eigenvalue weighted by molar-refractivity contribution is 7.18. The third-order valence-electron chi connectivity index (χ3n) is 1.29. The van der Waals surface area contributed by atoms with Gasteiger partial charge in [0, 0.05) is 6.20 Å². The number of nitrogens with zero attached hydrogens (tertiary/aromatic N) is 1. The van der Waals surface area contributed by atoms with E-state index in [1.54, 1.807) is 0 Å². The van der Waals surface area contributed by atoms with Gasteiger partial charge >= 0.3 is 0 Å². The number of fused-ring (bicyclic) bond motifs is 1. The van der Waals surface area contributed by atoms with Crippen molar-refractivity contribution < 1.29 is 5.11 Å². The van der Waals surface area contributed by atoms with E-state index in [0.717, 1.165) is 15.4 Å². The molecule has 0 radical (unpaired) electrons. The van der Waals surface area contributed by atoms with Crippen LogP contribution in [0.25, 0.3) is 10.3 Å². The molecule has 0 fully saturated rings. The van der Waals surface area contributed by atoms with Gasteiger partial charge in [0.1, 0.15) is 10.7 Å². The van der Waals surface area contributed by atoms with Crippen molar-refractivity contribution in [3.05, 3.63) is 17.3 Å². The number of nitrogens with one attached hydrogen (secondary N) is 1. The summed E-state index contributed by atoms with van der Waals surface area (Å²) in [4.78, 5) is 7.07. The predicted molar refractivity (Wildman–Crippen MR) is 39.9 cm³/mol. The Morgan fingerprint density at radius 1 is 1.70 bits per heavy atom. The molecule has 10 heavy (non-hydrogen) atoms. The molecule has 0 bridgehead atoms. The topological polar surface area (TPSA) is 48.9 Å². The Kier molecular flexibility index (Phi) is 1.22. The minimum absolute atomic E-state index is 0.0349. The number of rotatable bonds is 1. The molecule has 52 valence electrons. The average Bonchev–Trinajstić information content (AvgIpc) is 2.42. The van der Waals surface area contributed by atoms with E-state index in [9.17, 15) is 0 Å². The van der Waals surface area contributed by atoms with Gasteiger partial charge in [0.15, 0.2) is 0 Å². The Bertz CT molecular complexity index is 309. The number of aromatic amines is 1. The summed E-state index contributed by atoms with van der Waals surface area (Å²) < 4.78 is 1.10. The van der Waals surface area contributed by atoms with Crippen LogP contribution in [0.4, 0.5) is 0 Å².